The summed E-state index contributed by atoms with van der Waals surface area (Å²) in [7, 11) is 0. The normalized spacial score (nSPS) is 16.8. The van der Waals surface area contributed by atoms with Crippen LogP contribution in [0.5, 0.6) is 0 Å². The summed E-state index contributed by atoms with van der Waals surface area (Å²) in [6.45, 7) is 7.43. The highest BCUT2D eigenvalue weighted by Gasteiger charge is 2.17. The molecule has 4 heteroatoms. The van der Waals surface area contributed by atoms with E-state index in [4.69, 9.17) is 0 Å². The van der Waals surface area contributed by atoms with Gasteiger partial charge < -0.3 is 9.88 Å². The lowest BCUT2D eigenvalue weighted by Crippen LogP contribution is -2.46. The van der Waals surface area contributed by atoms with Gasteiger partial charge in [-0.1, -0.05) is 12.1 Å². The Hall–Kier alpha value is -1.81. The van der Waals surface area contributed by atoms with E-state index >= 15 is 0 Å². The van der Waals surface area contributed by atoms with E-state index in [2.05, 4.69) is 51.0 Å². The van der Waals surface area contributed by atoms with Crippen molar-refractivity contribution in [2.45, 2.75) is 13.5 Å². The number of nitrogens with zero attached hydrogens (tertiary/aromatic N) is 3. The first kappa shape index (κ1) is 12.2. The molecule has 3 rings (SSSR count). The molecule has 0 saturated carbocycles. The summed E-state index contributed by atoms with van der Waals surface area (Å²) in [6.07, 6.45) is 3.71. The quantitative estimate of drug-likeness (QED) is 0.912. The summed E-state index contributed by atoms with van der Waals surface area (Å²) in [4.78, 5) is 12.4. The summed E-state index contributed by atoms with van der Waals surface area (Å²) in [6, 6.07) is 8.76. The summed E-state index contributed by atoms with van der Waals surface area (Å²) < 4.78 is 0. The van der Waals surface area contributed by atoms with E-state index in [1.807, 2.05) is 12.4 Å². The van der Waals surface area contributed by atoms with Gasteiger partial charge in [-0.3, -0.25) is 4.90 Å². The average molecular weight is 256 g/mol. The molecule has 1 N–H and O–H groups in total. The SMILES string of the molecule is Cc1cccc(N2CCN(Cc3ncc[nH]3)CC2)c1. The monoisotopic (exact) mass is 256 g/mol. The van der Waals surface area contributed by atoms with E-state index < -0.39 is 0 Å². The second-order valence-corrected chi connectivity index (χ2v) is 5.14. The Morgan fingerprint density at radius 2 is 2.05 bits per heavy atom. The summed E-state index contributed by atoms with van der Waals surface area (Å²) in [5, 5.41) is 0. The number of aromatic amines is 1. The van der Waals surface area contributed by atoms with Crippen molar-refractivity contribution in [2.75, 3.05) is 31.1 Å². The van der Waals surface area contributed by atoms with E-state index in [-0.39, 0.29) is 0 Å². The molecule has 19 heavy (non-hydrogen) atoms. The summed E-state index contributed by atoms with van der Waals surface area (Å²) >= 11 is 0. The molecule has 0 aliphatic carbocycles. The minimum Gasteiger partial charge on any atom is -0.369 e. The first-order valence-electron chi connectivity index (χ1n) is 6.83. The molecule has 4 nitrogen and oxygen atoms in total. The highest BCUT2D eigenvalue weighted by Crippen LogP contribution is 2.18. The molecule has 0 bridgehead atoms. The molecule has 1 aromatic heterocycles. The zero-order chi connectivity index (χ0) is 13.1. The standard InChI is InChI=1S/C15H20N4/c1-13-3-2-4-14(11-13)19-9-7-18(8-10-19)12-15-16-5-6-17-15/h2-6,11H,7-10,12H2,1H3,(H,16,17). The molecular weight excluding hydrogens is 236 g/mol. The number of H-pyrrole nitrogens is 1. The minimum atomic E-state index is 0.925. The molecule has 1 aliphatic rings. The van der Waals surface area contributed by atoms with Crippen LogP contribution in [-0.4, -0.2) is 41.0 Å². The maximum Gasteiger partial charge on any atom is 0.120 e. The second kappa shape index (κ2) is 5.45. The molecule has 0 unspecified atom stereocenters. The van der Waals surface area contributed by atoms with Crippen LogP contribution in [-0.2, 0) is 6.54 Å². The molecule has 1 aliphatic heterocycles. The zero-order valence-corrected chi connectivity index (χ0v) is 11.3. The molecule has 1 aromatic carbocycles. The van der Waals surface area contributed by atoms with Crippen LogP contribution in [0.25, 0.3) is 0 Å². The lowest BCUT2D eigenvalue weighted by Gasteiger charge is -2.35. The Morgan fingerprint density at radius 1 is 1.21 bits per heavy atom. The molecule has 100 valence electrons. The molecule has 1 fully saturated rings. The van der Waals surface area contributed by atoms with Crippen LogP contribution < -0.4 is 4.90 Å². The van der Waals surface area contributed by atoms with Crippen molar-refractivity contribution in [2.24, 2.45) is 0 Å². The van der Waals surface area contributed by atoms with Gasteiger partial charge in [0, 0.05) is 44.3 Å². The topological polar surface area (TPSA) is 35.2 Å². The number of imidazole rings is 1. The van der Waals surface area contributed by atoms with Gasteiger partial charge >= 0.3 is 0 Å². The summed E-state index contributed by atoms with van der Waals surface area (Å²) in [5.41, 5.74) is 2.67. The smallest absolute Gasteiger partial charge is 0.120 e. The third-order valence-corrected chi connectivity index (χ3v) is 3.67. The van der Waals surface area contributed by atoms with Crippen LogP contribution in [0.15, 0.2) is 36.7 Å². The van der Waals surface area contributed by atoms with Gasteiger partial charge in [0.15, 0.2) is 0 Å². The van der Waals surface area contributed by atoms with Crippen molar-refractivity contribution >= 4 is 5.69 Å². The van der Waals surface area contributed by atoms with Gasteiger partial charge in [-0.05, 0) is 24.6 Å². The van der Waals surface area contributed by atoms with Gasteiger partial charge in [-0.15, -0.1) is 0 Å². The van der Waals surface area contributed by atoms with Gasteiger partial charge in [0.05, 0.1) is 6.54 Å². The maximum absolute atomic E-state index is 4.29. The molecule has 0 spiro atoms. The van der Waals surface area contributed by atoms with Crippen LogP contribution in [0.2, 0.25) is 0 Å². The van der Waals surface area contributed by atoms with Crippen molar-refractivity contribution in [3.63, 3.8) is 0 Å². The van der Waals surface area contributed by atoms with Gasteiger partial charge in [0.1, 0.15) is 5.82 Å². The fraction of sp³-hybridized carbons (Fsp3) is 0.400. The highest BCUT2D eigenvalue weighted by atomic mass is 15.3. The molecule has 1 saturated heterocycles. The molecule has 0 atom stereocenters. The third kappa shape index (κ3) is 2.96. The van der Waals surface area contributed by atoms with E-state index in [1.54, 1.807) is 0 Å². The van der Waals surface area contributed by atoms with Gasteiger partial charge in [-0.25, -0.2) is 4.98 Å². The Kier molecular flexibility index (Phi) is 3.51. The summed E-state index contributed by atoms with van der Waals surface area (Å²) in [5.74, 6) is 1.06. The Balaban J connectivity index is 1.57. The van der Waals surface area contributed by atoms with Crippen LogP contribution >= 0.6 is 0 Å². The van der Waals surface area contributed by atoms with Crippen molar-refractivity contribution in [1.82, 2.24) is 14.9 Å². The van der Waals surface area contributed by atoms with Crippen LogP contribution in [0.3, 0.4) is 0 Å². The molecular formula is C15H20N4. The van der Waals surface area contributed by atoms with Crippen molar-refractivity contribution in [3.05, 3.63) is 48.0 Å². The minimum absolute atomic E-state index is 0.925. The van der Waals surface area contributed by atoms with Gasteiger partial charge in [0.25, 0.3) is 0 Å². The third-order valence-electron chi connectivity index (χ3n) is 3.67. The number of piperazine rings is 1. The number of nitrogens with one attached hydrogen (secondary N) is 1. The van der Waals surface area contributed by atoms with Crippen LogP contribution in [0, 0.1) is 6.92 Å². The van der Waals surface area contributed by atoms with Crippen LogP contribution in [0.1, 0.15) is 11.4 Å². The number of aromatic nitrogens is 2. The van der Waals surface area contributed by atoms with E-state index in [0.29, 0.717) is 0 Å². The predicted molar refractivity (Wildman–Crippen MR) is 77.3 cm³/mol. The van der Waals surface area contributed by atoms with E-state index in [0.717, 1.165) is 38.5 Å². The Morgan fingerprint density at radius 3 is 2.74 bits per heavy atom. The largest absolute Gasteiger partial charge is 0.369 e. The zero-order valence-electron chi connectivity index (χ0n) is 11.3. The number of hydrogen-bond donors (Lipinski definition) is 1. The fourth-order valence-electron chi connectivity index (χ4n) is 2.59. The predicted octanol–water partition coefficient (Wildman–Crippen LogP) is 2.04. The van der Waals surface area contributed by atoms with Gasteiger partial charge in [-0.2, -0.15) is 0 Å². The first-order chi connectivity index (χ1) is 9.31. The number of hydrogen-bond acceptors (Lipinski definition) is 3. The lowest BCUT2D eigenvalue weighted by atomic mass is 10.2. The second-order valence-electron chi connectivity index (χ2n) is 5.14. The molecule has 0 amide bonds. The maximum atomic E-state index is 4.29. The number of anilines is 1. The van der Waals surface area contributed by atoms with Crippen LogP contribution in [0.4, 0.5) is 5.69 Å². The Bertz CT molecular complexity index is 513. The fourth-order valence-corrected chi connectivity index (χ4v) is 2.59. The van der Waals surface area contributed by atoms with E-state index in [9.17, 15) is 0 Å². The lowest BCUT2D eigenvalue weighted by molar-refractivity contribution is 0.244. The first-order valence-corrected chi connectivity index (χ1v) is 6.83. The Labute approximate surface area is 114 Å². The highest BCUT2D eigenvalue weighted by molar-refractivity contribution is 5.48. The number of aryl methyl sites for hydroxylation is 1. The molecule has 0 radical (unpaired) electrons. The van der Waals surface area contributed by atoms with Gasteiger partial charge in [0.2, 0.25) is 0 Å². The molecule has 2 aromatic rings. The molecule has 2 heterocycles. The average Bonchev–Trinajstić information content (AvgIpc) is 2.92. The van der Waals surface area contributed by atoms with E-state index in [1.165, 1.54) is 11.3 Å². The van der Waals surface area contributed by atoms with Crippen molar-refractivity contribution in [1.29, 1.82) is 0 Å². The number of rotatable bonds is 3. The number of benzene rings is 1. The van der Waals surface area contributed by atoms with Crippen molar-refractivity contribution in [3.8, 4) is 0 Å². The van der Waals surface area contributed by atoms with Crippen molar-refractivity contribution < 1.29 is 0 Å².